The SMILES string of the molecule is Cc1ccccc1NC(=O)C(C)OC(=O)CCNC(=O)OC(C)(C)C. The molecule has 0 fully saturated rings. The molecule has 0 heterocycles. The number of benzene rings is 1. The molecule has 7 nitrogen and oxygen atoms in total. The molecule has 0 aliphatic heterocycles. The third-order valence-corrected chi connectivity index (χ3v) is 3.08. The quantitative estimate of drug-likeness (QED) is 0.770. The first-order chi connectivity index (χ1) is 11.6. The van der Waals surface area contributed by atoms with E-state index >= 15 is 0 Å². The van der Waals surface area contributed by atoms with Gasteiger partial charge in [0.05, 0.1) is 6.42 Å². The Morgan fingerprint density at radius 1 is 1.16 bits per heavy atom. The van der Waals surface area contributed by atoms with Crippen LogP contribution in [0.5, 0.6) is 0 Å². The first kappa shape index (κ1) is 20.5. The van der Waals surface area contributed by atoms with Crippen molar-refractivity contribution >= 4 is 23.7 Å². The van der Waals surface area contributed by atoms with Gasteiger partial charge in [0.1, 0.15) is 5.60 Å². The van der Waals surface area contributed by atoms with E-state index in [1.807, 2.05) is 25.1 Å². The van der Waals surface area contributed by atoms with Gasteiger partial charge in [-0.1, -0.05) is 18.2 Å². The van der Waals surface area contributed by atoms with Crippen LogP contribution in [-0.4, -0.2) is 36.2 Å². The molecular formula is C18H26N2O5. The van der Waals surface area contributed by atoms with Gasteiger partial charge in [-0.05, 0) is 46.2 Å². The molecule has 1 rings (SSSR count). The van der Waals surface area contributed by atoms with Crippen molar-refractivity contribution in [2.75, 3.05) is 11.9 Å². The van der Waals surface area contributed by atoms with Gasteiger partial charge in [-0.25, -0.2) is 4.79 Å². The summed E-state index contributed by atoms with van der Waals surface area (Å²) in [5.74, 6) is -0.994. The molecule has 138 valence electrons. The average Bonchev–Trinajstić information content (AvgIpc) is 2.47. The molecular weight excluding hydrogens is 324 g/mol. The zero-order chi connectivity index (χ0) is 19.0. The predicted octanol–water partition coefficient (Wildman–Crippen LogP) is 2.78. The topological polar surface area (TPSA) is 93.7 Å². The monoisotopic (exact) mass is 350 g/mol. The molecule has 0 aliphatic rings. The number of hydrogen-bond acceptors (Lipinski definition) is 5. The highest BCUT2D eigenvalue weighted by atomic mass is 16.6. The summed E-state index contributed by atoms with van der Waals surface area (Å²) < 4.78 is 10.1. The van der Waals surface area contributed by atoms with Gasteiger partial charge in [-0.2, -0.15) is 0 Å². The fourth-order valence-corrected chi connectivity index (χ4v) is 1.84. The van der Waals surface area contributed by atoms with Gasteiger partial charge < -0.3 is 20.1 Å². The lowest BCUT2D eigenvalue weighted by Gasteiger charge is -2.19. The van der Waals surface area contributed by atoms with Crippen molar-refractivity contribution in [3.05, 3.63) is 29.8 Å². The van der Waals surface area contributed by atoms with Crippen LogP contribution in [0.2, 0.25) is 0 Å². The number of anilines is 1. The number of esters is 1. The summed E-state index contributed by atoms with van der Waals surface area (Å²) in [5, 5.41) is 5.17. The van der Waals surface area contributed by atoms with E-state index in [1.54, 1.807) is 26.8 Å². The number of amides is 2. The third kappa shape index (κ3) is 8.19. The molecule has 25 heavy (non-hydrogen) atoms. The number of carbonyl (C=O) groups excluding carboxylic acids is 3. The Hall–Kier alpha value is -2.57. The highest BCUT2D eigenvalue weighted by Crippen LogP contribution is 2.13. The van der Waals surface area contributed by atoms with Crippen molar-refractivity contribution in [3.8, 4) is 0 Å². The van der Waals surface area contributed by atoms with Crippen LogP contribution in [0.3, 0.4) is 0 Å². The van der Waals surface area contributed by atoms with Crippen LogP contribution in [0.4, 0.5) is 10.5 Å². The fraction of sp³-hybridized carbons (Fsp3) is 0.500. The molecule has 0 saturated carbocycles. The summed E-state index contributed by atoms with van der Waals surface area (Å²) in [7, 11) is 0. The number of nitrogens with one attached hydrogen (secondary N) is 2. The lowest BCUT2D eigenvalue weighted by molar-refractivity contribution is -0.153. The van der Waals surface area contributed by atoms with E-state index in [0.29, 0.717) is 5.69 Å². The minimum atomic E-state index is -0.936. The van der Waals surface area contributed by atoms with Gasteiger partial charge >= 0.3 is 12.1 Å². The first-order valence-corrected chi connectivity index (χ1v) is 8.11. The number of carbonyl (C=O) groups is 3. The minimum absolute atomic E-state index is 0.0543. The molecule has 0 aliphatic carbocycles. The van der Waals surface area contributed by atoms with Crippen LogP contribution in [0.1, 0.15) is 39.7 Å². The predicted molar refractivity (Wildman–Crippen MR) is 94.2 cm³/mol. The number of alkyl carbamates (subject to hydrolysis) is 1. The Labute approximate surface area is 148 Å². The number of aryl methyl sites for hydroxylation is 1. The summed E-state index contributed by atoms with van der Waals surface area (Å²) in [4.78, 5) is 35.3. The highest BCUT2D eigenvalue weighted by Gasteiger charge is 2.19. The van der Waals surface area contributed by atoms with Crippen LogP contribution in [0.25, 0.3) is 0 Å². The Morgan fingerprint density at radius 3 is 2.40 bits per heavy atom. The van der Waals surface area contributed by atoms with Gasteiger partial charge in [0.15, 0.2) is 6.10 Å². The largest absolute Gasteiger partial charge is 0.452 e. The van der Waals surface area contributed by atoms with Crippen molar-refractivity contribution in [2.24, 2.45) is 0 Å². The molecule has 0 radical (unpaired) electrons. The summed E-state index contributed by atoms with van der Waals surface area (Å²) in [6.45, 7) is 8.67. The summed E-state index contributed by atoms with van der Waals surface area (Å²) >= 11 is 0. The maximum atomic E-state index is 12.1. The zero-order valence-corrected chi connectivity index (χ0v) is 15.3. The molecule has 1 aromatic rings. The van der Waals surface area contributed by atoms with Crippen LogP contribution >= 0.6 is 0 Å². The van der Waals surface area contributed by atoms with Crippen LogP contribution in [0.15, 0.2) is 24.3 Å². The van der Waals surface area contributed by atoms with E-state index in [1.165, 1.54) is 6.92 Å². The number of ether oxygens (including phenoxy) is 2. The van der Waals surface area contributed by atoms with E-state index in [2.05, 4.69) is 10.6 Å². The lowest BCUT2D eigenvalue weighted by Crippen LogP contribution is -2.35. The van der Waals surface area contributed by atoms with E-state index in [9.17, 15) is 14.4 Å². The molecule has 1 atom stereocenters. The van der Waals surface area contributed by atoms with Gasteiger partial charge in [0.25, 0.3) is 5.91 Å². The molecule has 1 aromatic carbocycles. The molecule has 7 heteroatoms. The molecule has 0 aromatic heterocycles. The van der Waals surface area contributed by atoms with Crippen molar-refractivity contribution in [3.63, 3.8) is 0 Å². The number of rotatable bonds is 6. The van der Waals surface area contributed by atoms with Crippen molar-refractivity contribution in [1.82, 2.24) is 5.32 Å². The Balaban J connectivity index is 2.35. The van der Waals surface area contributed by atoms with Gasteiger partial charge in [-0.3, -0.25) is 9.59 Å². The van der Waals surface area contributed by atoms with E-state index in [-0.39, 0.29) is 13.0 Å². The van der Waals surface area contributed by atoms with Crippen molar-refractivity contribution in [2.45, 2.75) is 52.7 Å². The standard InChI is InChI=1S/C18H26N2O5/c1-12-8-6-7-9-14(12)20-16(22)13(2)24-15(21)10-11-19-17(23)25-18(3,4)5/h6-9,13H,10-11H2,1-5H3,(H,19,23)(H,20,22). The smallest absolute Gasteiger partial charge is 0.407 e. The first-order valence-electron chi connectivity index (χ1n) is 8.11. The maximum absolute atomic E-state index is 12.1. The lowest BCUT2D eigenvalue weighted by atomic mass is 10.2. The Bertz CT molecular complexity index is 622. The maximum Gasteiger partial charge on any atom is 0.407 e. The number of hydrogen-bond donors (Lipinski definition) is 2. The van der Waals surface area contributed by atoms with Crippen LogP contribution in [-0.2, 0) is 19.1 Å². The molecule has 0 bridgehead atoms. The fourth-order valence-electron chi connectivity index (χ4n) is 1.84. The summed E-state index contributed by atoms with van der Waals surface area (Å²) in [6.07, 6.45) is -1.60. The van der Waals surface area contributed by atoms with Crippen LogP contribution in [0, 0.1) is 6.92 Å². The second-order valence-corrected chi connectivity index (χ2v) is 6.61. The summed E-state index contributed by atoms with van der Waals surface area (Å²) in [6, 6.07) is 7.31. The molecule has 2 amide bonds. The Kier molecular flexibility index (Phi) is 7.42. The van der Waals surface area contributed by atoms with Gasteiger partial charge in [0, 0.05) is 12.2 Å². The zero-order valence-electron chi connectivity index (χ0n) is 15.3. The number of para-hydroxylation sites is 1. The van der Waals surface area contributed by atoms with Crippen molar-refractivity contribution < 1.29 is 23.9 Å². The van der Waals surface area contributed by atoms with Crippen LogP contribution < -0.4 is 10.6 Å². The second-order valence-electron chi connectivity index (χ2n) is 6.61. The molecule has 1 unspecified atom stereocenters. The normalized spacial score (nSPS) is 12.0. The molecule has 0 spiro atoms. The van der Waals surface area contributed by atoms with Gasteiger partial charge in [0.2, 0.25) is 0 Å². The highest BCUT2D eigenvalue weighted by molar-refractivity contribution is 5.95. The van der Waals surface area contributed by atoms with Gasteiger partial charge in [-0.15, -0.1) is 0 Å². The summed E-state index contributed by atoms with van der Waals surface area (Å²) in [5.41, 5.74) is 0.977. The Morgan fingerprint density at radius 2 is 1.80 bits per heavy atom. The van der Waals surface area contributed by atoms with E-state index in [0.717, 1.165) is 5.56 Å². The minimum Gasteiger partial charge on any atom is -0.452 e. The molecule has 2 N–H and O–H groups in total. The third-order valence-electron chi connectivity index (χ3n) is 3.08. The van der Waals surface area contributed by atoms with E-state index in [4.69, 9.17) is 9.47 Å². The molecule has 0 saturated heterocycles. The average molecular weight is 350 g/mol. The van der Waals surface area contributed by atoms with E-state index < -0.39 is 29.7 Å². The van der Waals surface area contributed by atoms with Crippen molar-refractivity contribution in [1.29, 1.82) is 0 Å². The second kappa shape index (κ2) is 9.05.